The average Bonchev–Trinajstić information content (AvgIpc) is 2.69. The second-order valence-corrected chi connectivity index (χ2v) is 9.95. The Morgan fingerprint density at radius 3 is 2.27 bits per heavy atom. The molecule has 0 aliphatic carbocycles. The molecule has 0 aromatic heterocycles. The molecule has 2 unspecified atom stereocenters. The lowest BCUT2D eigenvalue weighted by atomic mass is 10.2. The topological polar surface area (TPSA) is 112 Å². The number of carbonyl (C=O) groups is 1. The van der Waals surface area contributed by atoms with Crippen LogP contribution in [0.15, 0.2) is 54.6 Å². The van der Waals surface area contributed by atoms with Crippen LogP contribution in [0.1, 0.15) is 19.3 Å². The molecule has 33 heavy (non-hydrogen) atoms. The van der Waals surface area contributed by atoms with Gasteiger partial charge in [-0.15, -0.1) is 0 Å². The number of benzene rings is 2. The third-order valence-electron chi connectivity index (χ3n) is 4.28. The number of phosphoric ester groups is 1. The highest BCUT2D eigenvalue weighted by Gasteiger charge is 2.31. The number of carboxylic acids is 1. The fourth-order valence-electron chi connectivity index (χ4n) is 2.99. The van der Waals surface area contributed by atoms with Crippen LogP contribution >= 0.6 is 7.82 Å². The molecule has 2 atom stereocenters. The van der Waals surface area contributed by atoms with Gasteiger partial charge in [-0.1, -0.05) is 24.3 Å². The molecule has 2 aromatic rings. The van der Waals surface area contributed by atoms with Crippen LogP contribution in [0.25, 0.3) is 0 Å². The predicted molar refractivity (Wildman–Crippen MR) is 123 cm³/mol. The van der Waals surface area contributed by atoms with Gasteiger partial charge in [0.15, 0.2) is 0 Å². The molecule has 0 bridgehead atoms. The fraction of sp³-hybridized carbons (Fsp3) is 0.435. The van der Waals surface area contributed by atoms with Gasteiger partial charge < -0.3 is 24.0 Å². The van der Waals surface area contributed by atoms with Gasteiger partial charge in [0, 0.05) is 6.07 Å². The Kier molecular flexibility index (Phi) is 10.3. The van der Waals surface area contributed by atoms with E-state index in [4.69, 9.17) is 23.6 Å². The van der Waals surface area contributed by atoms with E-state index in [9.17, 15) is 14.3 Å². The van der Waals surface area contributed by atoms with Crippen molar-refractivity contribution >= 4 is 13.8 Å². The predicted octanol–water partition coefficient (Wildman–Crippen LogP) is 4.32. The van der Waals surface area contributed by atoms with E-state index in [0.717, 1.165) is 5.75 Å². The number of hydrogen-bond donors (Lipinski definition) is 2. The number of nitrogens with zero attached hydrogens (tertiary/aromatic N) is 1. The van der Waals surface area contributed by atoms with Gasteiger partial charge >= 0.3 is 13.8 Å². The lowest BCUT2D eigenvalue weighted by molar-refractivity contribution is -0.873. The highest BCUT2D eigenvalue weighted by molar-refractivity contribution is 7.47. The molecule has 2 N–H and O–H groups in total. The largest absolute Gasteiger partial charge is 0.493 e. The fourth-order valence-corrected chi connectivity index (χ4v) is 3.92. The van der Waals surface area contributed by atoms with Crippen LogP contribution in [0.5, 0.6) is 17.2 Å². The Balaban J connectivity index is 1.71. The van der Waals surface area contributed by atoms with Gasteiger partial charge in [-0.05, 0) is 37.1 Å². The van der Waals surface area contributed by atoms with Crippen LogP contribution < -0.4 is 9.47 Å². The smallest absolute Gasteiger partial charge is 0.472 e. The van der Waals surface area contributed by atoms with E-state index in [1.807, 2.05) is 69.7 Å². The highest BCUT2D eigenvalue weighted by Crippen LogP contribution is 2.45. The molecule has 10 heteroatoms. The summed E-state index contributed by atoms with van der Waals surface area (Å²) in [6, 6.07) is 16.7. The highest BCUT2D eigenvalue weighted by atomic mass is 31.2. The van der Waals surface area contributed by atoms with Gasteiger partial charge in [-0.2, -0.15) is 0 Å². The third-order valence-corrected chi connectivity index (χ3v) is 5.36. The van der Waals surface area contributed by atoms with Crippen LogP contribution in [0, 0.1) is 0 Å². The van der Waals surface area contributed by atoms with E-state index < -0.39 is 19.9 Å². The first kappa shape index (κ1) is 26.8. The van der Waals surface area contributed by atoms with Gasteiger partial charge in [0.05, 0.1) is 40.8 Å². The van der Waals surface area contributed by atoms with Gasteiger partial charge in [0.1, 0.15) is 29.9 Å². The monoisotopic (exact) mass is 482 g/mol. The molecule has 0 amide bonds. The minimum absolute atomic E-state index is 0.0154. The number of hydrogen-bond acceptors (Lipinski definition) is 6. The Bertz CT molecular complexity index is 916. The third kappa shape index (κ3) is 11.8. The second kappa shape index (κ2) is 12.7. The van der Waals surface area contributed by atoms with Crippen molar-refractivity contribution in [1.29, 1.82) is 0 Å². The number of para-hydroxylation sites is 1. The lowest BCUT2D eigenvalue weighted by Crippen LogP contribution is -2.42. The van der Waals surface area contributed by atoms with Crippen molar-refractivity contribution in [3.05, 3.63) is 54.6 Å². The van der Waals surface area contributed by atoms with E-state index in [1.54, 1.807) is 6.07 Å². The summed E-state index contributed by atoms with van der Waals surface area (Å²) in [5.74, 6) is 0.931. The van der Waals surface area contributed by atoms with Crippen molar-refractivity contribution in [2.75, 3.05) is 40.9 Å². The van der Waals surface area contributed by atoms with Gasteiger partial charge in [-0.3, -0.25) is 13.8 Å². The van der Waals surface area contributed by atoms with Gasteiger partial charge in [-0.25, -0.2) is 4.57 Å². The average molecular weight is 482 g/mol. The molecule has 0 aliphatic rings. The van der Waals surface area contributed by atoms with Crippen molar-refractivity contribution in [3.63, 3.8) is 0 Å². The van der Waals surface area contributed by atoms with Crippen molar-refractivity contribution in [2.24, 2.45) is 0 Å². The summed E-state index contributed by atoms with van der Waals surface area (Å²) in [5.41, 5.74) is 0. The molecular formula is C23H33NO8P+. The number of phosphoric acid groups is 1. The molecule has 2 rings (SSSR count). The zero-order valence-electron chi connectivity index (χ0n) is 19.3. The van der Waals surface area contributed by atoms with Gasteiger partial charge in [0.25, 0.3) is 0 Å². The normalized spacial score (nSPS) is 14.3. The molecule has 9 nitrogen and oxygen atoms in total. The minimum Gasteiger partial charge on any atom is -0.493 e. The first-order valence-electron chi connectivity index (χ1n) is 10.7. The van der Waals surface area contributed by atoms with Crippen molar-refractivity contribution in [1.82, 2.24) is 0 Å². The van der Waals surface area contributed by atoms with Crippen LogP contribution in [0.2, 0.25) is 0 Å². The quantitative estimate of drug-likeness (QED) is 0.219. The number of carboxylic acid groups (broad SMARTS) is 1. The molecule has 0 aliphatic heterocycles. The first-order valence-corrected chi connectivity index (χ1v) is 12.2. The summed E-state index contributed by atoms with van der Waals surface area (Å²) >= 11 is 0. The van der Waals surface area contributed by atoms with Crippen LogP contribution in [0.4, 0.5) is 0 Å². The number of aliphatic carboxylic acids is 1. The van der Waals surface area contributed by atoms with Crippen LogP contribution in [-0.4, -0.2) is 67.5 Å². The zero-order valence-corrected chi connectivity index (χ0v) is 20.1. The van der Waals surface area contributed by atoms with Crippen molar-refractivity contribution < 1.29 is 42.4 Å². The van der Waals surface area contributed by atoms with E-state index in [0.29, 0.717) is 35.4 Å². The molecule has 182 valence electrons. The molecule has 2 aromatic carbocycles. The van der Waals surface area contributed by atoms with E-state index >= 15 is 0 Å². The maximum Gasteiger partial charge on any atom is 0.472 e. The number of quaternary nitrogens is 1. The van der Waals surface area contributed by atoms with E-state index in [-0.39, 0.29) is 19.6 Å². The molecule has 0 radical (unpaired) electrons. The maximum atomic E-state index is 12.2. The van der Waals surface area contributed by atoms with Crippen molar-refractivity contribution in [2.45, 2.75) is 25.4 Å². The van der Waals surface area contributed by atoms with E-state index in [1.165, 1.54) is 0 Å². The standard InChI is InChI=1S/C23H32NO8P/c1-24(2,3)18-22(17-23(25)26)32-33(27,28)30-15-8-7-14-29-20-12-9-13-21(16-20)31-19-10-5-4-6-11-19/h4-6,9-13,16,22H,7-8,14-15,17-18H2,1-3H3,(H-,25,26,27,28)/p+1. The van der Waals surface area contributed by atoms with Crippen LogP contribution in [-0.2, 0) is 18.4 Å². The summed E-state index contributed by atoms with van der Waals surface area (Å²) in [6.45, 7) is 0.622. The van der Waals surface area contributed by atoms with E-state index in [2.05, 4.69) is 0 Å². The molecule has 0 fully saturated rings. The number of rotatable bonds is 15. The summed E-state index contributed by atoms with van der Waals surface area (Å²) in [7, 11) is 1.15. The zero-order chi connectivity index (χ0) is 24.3. The van der Waals surface area contributed by atoms with Crippen molar-refractivity contribution in [3.8, 4) is 17.2 Å². The number of unbranched alkanes of at least 4 members (excludes halogenated alkanes) is 1. The maximum absolute atomic E-state index is 12.2. The molecule has 0 saturated carbocycles. The number of likely N-dealkylation sites (N-methyl/N-ethyl adjacent to an activating group) is 1. The molecule has 0 saturated heterocycles. The summed E-state index contributed by atoms with van der Waals surface area (Å²) in [5, 5.41) is 9.01. The Morgan fingerprint density at radius 2 is 1.61 bits per heavy atom. The Labute approximate surface area is 194 Å². The summed E-state index contributed by atoms with van der Waals surface area (Å²) in [6.07, 6.45) is -0.273. The molecule has 0 heterocycles. The Morgan fingerprint density at radius 1 is 0.970 bits per heavy atom. The second-order valence-electron chi connectivity index (χ2n) is 8.55. The minimum atomic E-state index is -4.37. The Hall–Kier alpha value is -2.42. The summed E-state index contributed by atoms with van der Waals surface area (Å²) < 4.78 is 34.2. The molecule has 0 spiro atoms. The van der Waals surface area contributed by atoms with Crippen LogP contribution in [0.3, 0.4) is 0 Å². The molecular weight excluding hydrogens is 449 g/mol. The van der Waals surface area contributed by atoms with Gasteiger partial charge in [0.2, 0.25) is 0 Å². The SMILES string of the molecule is C[N+](C)(C)CC(CC(=O)O)OP(=O)(O)OCCCCOc1cccc(Oc2ccccc2)c1. The number of ether oxygens (including phenoxy) is 2. The lowest BCUT2D eigenvalue weighted by Gasteiger charge is -2.29. The summed E-state index contributed by atoms with van der Waals surface area (Å²) in [4.78, 5) is 21.0. The first-order chi connectivity index (χ1) is 15.5.